The number of hydrogen-bond acceptors (Lipinski definition) is 3. The molecule has 0 bridgehead atoms. The van der Waals surface area contributed by atoms with Crippen LogP contribution in [0.5, 0.6) is 0 Å². The van der Waals surface area contributed by atoms with Gasteiger partial charge < -0.3 is 19.7 Å². The van der Waals surface area contributed by atoms with Crippen molar-refractivity contribution in [3.63, 3.8) is 0 Å². The standard InChI is InChI=1S/C10H20N2O2S/c1-13-7-5-12(6-8-14-2)10(15)11-9-3-4-9/h9H,3-8H2,1-2H3,(H,11,15). The first-order valence-corrected chi connectivity index (χ1v) is 5.72. The maximum absolute atomic E-state index is 5.32. The Bertz CT molecular complexity index is 190. The fourth-order valence-electron chi connectivity index (χ4n) is 1.21. The molecule has 0 radical (unpaired) electrons. The molecule has 1 aliphatic carbocycles. The first kappa shape index (κ1) is 12.7. The summed E-state index contributed by atoms with van der Waals surface area (Å²) >= 11 is 5.32. The lowest BCUT2D eigenvalue weighted by Gasteiger charge is -2.25. The smallest absolute Gasteiger partial charge is 0.169 e. The molecule has 0 unspecified atom stereocenters. The second kappa shape index (κ2) is 6.98. The third kappa shape index (κ3) is 5.30. The van der Waals surface area contributed by atoms with Crippen LogP contribution in [-0.2, 0) is 9.47 Å². The molecule has 1 fully saturated rings. The predicted octanol–water partition coefficient (Wildman–Crippen LogP) is 0.618. The van der Waals surface area contributed by atoms with Gasteiger partial charge in [-0.05, 0) is 25.1 Å². The molecule has 1 rings (SSSR count). The number of ether oxygens (including phenoxy) is 2. The zero-order chi connectivity index (χ0) is 11.1. The lowest BCUT2D eigenvalue weighted by molar-refractivity contribution is 0.146. The highest BCUT2D eigenvalue weighted by molar-refractivity contribution is 7.80. The van der Waals surface area contributed by atoms with Crippen molar-refractivity contribution in [2.75, 3.05) is 40.5 Å². The highest BCUT2D eigenvalue weighted by Gasteiger charge is 2.23. The van der Waals surface area contributed by atoms with Gasteiger partial charge in [-0.15, -0.1) is 0 Å². The van der Waals surface area contributed by atoms with E-state index in [-0.39, 0.29) is 0 Å². The fraction of sp³-hybridized carbons (Fsp3) is 0.900. The van der Waals surface area contributed by atoms with Crippen LogP contribution in [-0.4, -0.2) is 56.6 Å². The molecule has 1 aliphatic rings. The average Bonchev–Trinajstić information content (AvgIpc) is 3.02. The van der Waals surface area contributed by atoms with Crippen LogP contribution in [0.1, 0.15) is 12.8 Å². The highest BCUT2D eigenvalue weighted by Crippen LogP contribution is 2.18. The molecule has 0 aromatic rings. The Labute approximate surface area is 96.9 Å². The van der Waals surface area contributed by atoms with E-state index in [1.807, 2.05) is 0 Å². The number of rotatable bonds is 7. The van der Waals surface area contributed by atoms with E-state index in [0.29, 0.717) is 19.3 Å². The van der Waals surface area contributed by atoms with Gasteiger partial charge in [0, 0.05) is 33.4 Å². The van der Waals surface area contributed by atoms with Crippen molar-refractivity contribution in [2.45, 2.75) is 18.9 Å². The molecular formula is C10H20N2O2S. The van der Waals surface area contributed by atoms with Crippen LogP contribution in [0.25, 0.3) is 0 Å². The average molecular weight is 232 g/mol. The van der Waals surface area contributed by atoms with Gasteiger partial charge in [-0.2, -0.15) is 0 Å². The van der Waals surface area contributed by atoms with Crippen LogP contribution >= 0.6 is 12.2 Å². The van der Waals surface area contributed by atoms with Crippen LogP contribution in [0.4, 0.5) is 0 Å². The third-order valence-corrected chi connectivity index (χ3v) is 2.70. The Morgan fingerprint density at radius 1 is 1.27 bits per heavy atom. The summed E-state index contributed by atoms with van der Waals surface area (Å²) in [7, 11) is 3.40. The Kier molecular flexibility index (Phi) is 5.90. The number of hydrogen-bond donors (Lipinski definition) is 1. The van der Waals surface area contributed by atoms with Crippen molar-refractivity contribution >= 4 is 17.3 Å². The van der Waals surface area contributed by atoms with Crippen molar-refractivity contribution < 1.29 is 9.47 Å². The normalized spacial score (nSPS) is 15.1. The summed E-state index contributed by atoms with van der Waals surface area (Å²) in [6.07, 6.45) is 2.48. The summed E-state index contributed by atoms with van der Waals surface area (Å²) < 4.78 is 10.1. The SMILES string of the molecule is COCCN(CCOC)C(=S)NC1CC1. The minimum atomic E-state index is 0.602. The van der Waals surface area contributed by atoms with E-state index in [2.05, 4.69) is 10.2 Å². The maximum Gasteiger partial charge on any atom is 0.169 e. The Hall–Kier alpha value is -0.390. The molecule has 0 aromatic heterocycles. The van der Waals surface area contributed by atoms with Crippen LogP contribution in [0.3, 0.4) is 0 Å². The van der Waals surface area contributed by atoms with Crippen molar-refractivity contribution in [1.29, 1.82) is 0 Å². The quantitative estimate of drug-likeness (QED) is 0.651. The highest BCUT2D eigenvalue weighted by atomic mass is 32.1. The molecule has 0 amide bonds. The Balaban J connectivity index is 2.26. The molecule has 0 saturated heterocycles. The topological polar surface area (TPSA) is 33.7 Å². The molecule has 15 heavy (non-hydrogen) atoms. The molecule has 0 aromatic carbocycles. The minimum Gasteiger partial charge on any atom is -0.383 e. The van der Waals surface area contributed by atoms with Gasteiger partial charge in [0.2, 0.25) is 0 Å². The summed E-state index contributed by atoms with van der Waals surface area (Å²) in [5, 5.41) is 4.14. The summed E-state index contributed by atoms with van der Waals surface area (Å²) in [6.45, 7) is 3.02. The van der Waals surface area contributed by atoms with E-state index < -0.39 is 0 Å². The molecule has 0 atom stereocenters. The van der Waals surface area contributed by atoms with Gasteiger partial charge in [-0.1, -0.05) is 0 Å². The van der Waals surface area contributed by atoms with E-state index in [1.54, 1.807) is 14.2 Å². The Morgan fingerprint density at radius 2 is 1.80 bits per heavy atom. The summed E-state index contributed by atoms with van der Waals surface area (Å²) in [4.78, 5) is 2.10. The number of methoxy groups -OCH3 is 2. The predicted molar refractivity (Wildman–Crippen MR) is 64.1 cm³/mol. The zero-order valence-electron chi connectivity index (χ0n) is 9.49. The molecule has 5 heteroatoms. The van der Waals surface area contributed by atoms with E-state index >= 15 is 0 Å². The van der Waals surface area contributed by atoms with Crippen LogP contribution in [0.15, 0.2) is 0 Å². The van der Waals surface area contributed by atoms with E-state index in [4.69, 9.17) is 21.7 Å². The molecule has 4 nitrogen and oxygen atoms in total. The summed E-state index contributed by atoms with van der Waals surface area (Å²) in [5.74, 6) is 0. The van der Waals surface area contributed by atoms with Gasteiger partial charge in [-0.3, -0.25) is 0 Å². The largest absolute Gasteiger partial charge is 0.383 e. The molecule has 0 spiro atoms. The zero-order valence-corrected chi connectivity index (χ0v) is 10.3. The molecular weight excluding hydrogens is 212 g/mol. The molecule has 0 heterocycles. The first-order valence-electron chi connectivity index (χ1n) is 5.31. The summed E-state index contributed by atoms with van der Waals surface area (Å²) in [6, 6.07) is 0.602. The number of thiocarbonyl (C=S) groups is 1. The molecule has 88 valence electrons. The minimum absolute atomic E-state index is 0.602. The van der Waals surface area contributed by atoms with Crippen LogP contribution < -0.4 is 5.32 Å². The van der Waals surface area contributed by atoms with Crippen molar-refractivity contribution in [2.24, 2.45) is 0 Å². The molecule has 0 aliphatic heterocycles. The van der Waals surface area contributed by atoms with Gasteiger partial charge in [0.1, 0.15) is 0 Å². The fourth-order valence-corrected chi connectivity index (χ4v) is 1.56. The first-order chi connectivity index (χ1) is 7.27. The van der Waals surface area contributed by atoms with Crippen molar-refractivity contribution in [1.82, 2.24) is 10.2 Å². The van der Waals surface area contributed by atoms with Gasteiger partial charge in [-0.25, -0.2) is 0 Å². The molecule has 1 N–H and O–H groups in total. The van der Waals surface area contributed by atoms with Gasteiger partial charge >= 0.3 is 0 Å². The lowest BCUT2D eigenvalue weighted by atomic mass is 10.5. The lowest BCUT2D eigenvalue weighted by Crippen LogP contribution is -2.43. The van der Waals surface area contributed by atoms with E-state index in [1.165, 1.54) is 12.8 Å². The number of nitrogens with zero attached hydrogens (tertiary/aromatic N) is 1. The molecule has 1 saturated carbocycles. The van der Waals surface area contributed by atoms with Gasteiger partial charge in [0.15, 0.2) is 5.11 Å². The summed E-state index contributed by atoms with van der Waals surface area (Å²) in [5.41, 5.74) is 0. The van der Waals surface area contributed by atoms with Gasteiger partial charge in [0.05, 0.1) is 13.2 Å². The van der Waals surface area contributed by atoms with E-state index in [0.717, 1.165) is 18.2 Å². The van der Waals surface area contributed by atoms with Gasteiger partial charge in [0.25, 0.3) is 0 Å². The maximum atomic E-state index is 5.32. The number of nitrogens with one attached hydrogen (secondary N) is 1. The monoisotopic (exact) mass is 232 g/mol. The second-order valence-electron chi connectivity index (χ2n) is 3.70. The van der Waals surface area contributed by atoms with Crippen molar-refractivity contribution in [3.8, 4) is 0 Å². The Morgan fingerprint density at radius 3 is 2.20 bits per heavy atom. The van der Waals surface area contributed by atoms with E-state index in [9.17, 15) is 0 Å². The third-order valence-electron chi connectivity index (χ3n) is 2.32. The second-order valence-corrected chi connectivity index (χ2v) is 4.08. The van der Waals surface area contributed by atoms with Crippen molar-refractivity contribution in [3.05, 3.63) is 0 Å². The van der Waals surface area contributed by atoms with Crippen LogP contribution in [0.2, 0.25) is 0 Å². The van der Waals surface area contributed by atoms with Crippen LogP contribution in [0, 0.1) is 0 Å².